The zero-order valence-electron chi connectivity index (χ0n) is 14.8. The highest BCUT2D eigenvalue weighted by molar-refractivity contribution is 6.05. The molecule has 0 saturated heterocycles. The average Bonchev–Trinajstić information content (AvgIpc) is 2.46. The standard InChI is InChI=1S/C21H27NO/c1-15-10-6-7-12-18(15)20(23)22-19-13-9-8-11-17(19)16(2)14-21(3,4)5/h6-13,16H,14H2,1-5H3,(H,22,23). The van der Waals surface area contributed by atoms with E-state index in [0.29, 0.717) is 5.92 Å². The molecule has 2 nitrogen and oxygen atoms in total. The first-order valence-corrected chi connectivity index (χ1v) is 8.24. The fourth-order valence-electron chi connectivity index (χ4n) is 3.09. The number of nitrogens with one attached hydrogen (secondary N) is 1. The zero-order chi connectivity index (χ0) is 17.0. The molecule has 2 heteroatoms. The Labute approximate surface area is 139 Å². The number of aryl methyl sites for hydroxylation is 1. The molecule has 0 saturated carbocycles. The van der Waals surface area contributed by atoms with Crippen LogP contribution in [0, 0.1) is 12.3 Å². The number of carbonyl (C=O) groups excluding carboxylic acids is 1. The van der Waals surface area contributed by atoms with E-state index in [9.17, 15) is 4.79 Å². The Bertz CT molecular complexity index is 682. The minimum absolute atomic E-state index is 0.0430. The Hall–Kier alpha value is -2.09. The van der Waals surface area contributed by atoms with Gasteiger partial charge in [-0.3, -0.25) is 4.79 Å². The van der Waals surface area contributed by atoms with E-state index in [1.807, 2.05) is 49.4 Å². The number of amides is 1. The molecule has 2 rings (SSSR count). The van der Waals surface area contributed by atoms with Gasteiger partial charge in [0, 0.05) is 11.3 Å². The lowest BCUT2D eigenvalue weighted by Crippen LogP contribution is -2.16. The molecule has 0 spiro atoms. The van der Waals surface area contributed by atoms with Crippen LogP contribution in [-0.4, -0.2) is 5.91 Å². The molecule has 1 amide bonds. The number of hydrogen-bond donors (Lipinski definition) is 1. The Morgan fingerprint density at radius 2 is 1.65 bits per heavy atom. The van der Waals surface area contributed by atoms with Crippen LogP contribution in [0.4, 0.5) is 5.69 Å². The van der Waals surface area contributed by atoms with Crippen molar-refractivity contribution in [2.45, 2.75) is 47.0 Å². The lowest BCUT2D eigenvalue weighted by atomic mass is 9.82. The zero-order valence-corrected chi connectivity index (χ0v) is 14.8. The van der Waals surface area contributed by atoms with Crippen molar-refractivity contribution >= 4 is 11.6 Å². The van der Waals surface area contributed by atoms with Crippen molar-refractivity contribution in [3.63, 3.8) is 0 Å². The van der Waals surface area contributed by atoms with Crippen LogP contribution in [0.1, 0.15) is 61.5 Å². The van der Waals surface area contributed by atoms with Gasteiger partial charge in [0.05, 0.1) is 0 Å². The molecule has 0 bridgehead atoms. The third-order valence-corrected chi connectivity index (χ3v) is 4.05. The molecule has 23 heavy (non-hydrogen) atoms. The van der Waals surface area contributed by atoms with E-state index in [-0.39, 0.29) is 11.3 Å². The maximum Gasteiger partial charge on any atom is 0.255 e. The van der Waals surface area contributed by atoms with Gasteiger partial charge in [-0.15, -0.1) is 0 Å². The maximum atomic E-state index is 12.6. The third-order valence-electron chi connectivity index (χ3n) is 4.05. The molecule has 1 unspecified atom stereocenters. The van der Waals surface area contributed by atoms with Gasteiger partial charge >= 0.3 is 0 Å². The Morgan fingerprint density at radius 3 is 2.30 bits per heavy atom. The van der Waals surface area contributed by atoms with E-state index in [2.05, 4.69) is 39.1 Å². The predicted molar refractivity (Wildman–Crippen MR) is 98.1 cm³/mol. The highest BCUT2D eigenvalue weighted by Gasteiger charge is 2.19. The van der Waals surface area contributed by atoms with Gasteiger partial charge in [-0.2, -0.15) is 0 Å². The van der Waals surface area contributed by atoms with Crippen molar-refractivity contribution in [1.82, 2.24) is 0 Å². The van der Waals surface area contributed by atoms with Crippen LogP contribution in [0.3, 0.4) is 0 Å². The van der Waals surface area contributed by atoms with E-state index in [1.54, 1.807) is 0 Å². The Kier molecular flexibility index (Phi) is 5.25. The molecule has 122 valence electrons. The lowest BCUT2D eigenvalue weighted by molar-refractivity contribution is 0.102. The van der Waals surface area contributed by atoms with Gasteiger partial charge in [0.25, 0.3) is 5.91 Å². The monoisotopic (exact) mass is 309 g/mol. The van der Waals surface area contributed by atoms with E-state index in [1.165, 1.54) is 5.56 Å². The van der Waals surface area contributed by atoms with Gasteiger partial charge in [0.2, 0.25) is 0 Å². The summed E-state index contributed by atoms with van der Waals surface area (Å²) < 4.78 is 0. The summed E-state index contributed by atoms with van der Waals surface area (Å²) in [5.41, 5.74) is 4.09. The van der Waals surface area contributed by atoms with Crippen molar-refractivity contribution in [2.24, 2.45) is 5.41 Å². The molecule has 0 fully saturated rings. The molecule has 0 aliphatic carbocycles. The van der Waals surface area contributed by atoms with Gasteiger partial charge in [0.1, 0.15) is 0 Å². The quantitative estimate of drug-likeness (QED) is 0.761. The van der Waals surface area contributed by atoms with Gasteiger partial charge in [-0.05, 0) is 47.9 Å². The molecule has 1 atom stereocenters. The minimum atomic E-state index is -0.0430. The van der Waals surface area contributed by atoms with Crippen molar-refractivity contribution < 1.29 is 4.79 Å². The predicted octanol–water partition coefficient (Wildman–Crippen LogP) is 5.79. The molecule has 0 aromatic heterocycles. The van der Waals surface area contributed by atoms with Gasteiger partial charge in [-0.25, -0.2) is 0 Å². The van der Waals surface area contributed by atoms with Crippen molar-refractivity contribution in [2.75, 3.05) is 5.32 Å². The Balaban J connectivity index is 2.24. The largest absolute Gasteiger partial charge is 0.322 e. The van der Waals surface area contributed by atoms with Crippen molar-refractivity contribution in [1.29, 1.82) is 0 Å². The second-order valence-electron chi connectivity index (χ2n) is 7.52. The smallest absolute Gasteiger partial charge is 0.255 e. The molecule has 2 aromatic carbocycles. The second-order valence-corrected chi connectivity index (χ2v) is 7.52. The number of para-hydroxylation sites is 1. The summed E-state index contributed by atoms with van der Waals surface area (Å²) in [6.07, 6.45) is 1.07. The molecule has 0 aliphatic rings. The fourth-order valence-corrected chi connectivity index (χ4v) is 3.09. The molecule has 2 aromatic rings. The average molecular weight is 309 g/mol. The van der Waals surface area contributed by atoms with Crippen molar-refractivity contribution in [3.05, 3.63) is 65.2 Å². The van der Waals surface area contributed by atoms with Gasteiger partial charge < -0.3 is 5.32 Å². The summed E-state index contributed by atoms with van der Waals surface area (Å²) in [6, 6.07) is 15.8. The Morgan fingerprint density at radius 1 is 1.04 bits per heavy atom. The highest BCUT2D eigenvalue weighted by Crippen LogP contribution is 2.34. The van der Waals surface area contributed by atoms with Crippen LogP contribution in [-0.2, 0) is 0 Å². The third kappa shape index (κ3) is 4.69. The number of carbonyl (C=O) groups is 1. The van der Waals surface area contributed by atoms with E-state index >= 15 is 0 Å². The second kappa shape index (κ2) is 6.99. The molecule has 0 aliphatic heterocycles. The number of anilines is 1. The summed E-state index contributed by atoms with van der Waals surface area (Å²) in [5.74, 6) is 0.349. The van der Waals surface area contributed by atoms with Crippen LogP contribution >= 0.6 is 0 Å². The molecular formula is C21H27NO. The topological polar surface area (TPSA) is 29.1 Å². The summed E-state index contributed by atoms with van der Waals surface area (Å²) in [7, 11) is 0. The number of hydrogen-bond acceptors (Lipinski definition) is 1. The highest BCUT2D eigenvalue weighted by atomic mass is 16.1. The van der Waals surface area contributed by atoms with Crippen LogP contribution in [0.5, 0.6) is 0 Å². The molecule has 0 heterocycles. The molecule has 0 radical (unpaired) electrons. The van der Waals surface area contributed by atoms with Gasteiger partial charge in [-0.1, -0.05) is 64.1 Å². The van der Waals surface area contributed by atoms with Crippen molar-refractivity contribution in [3.8, 4) is 0 Å². The van der Waals surface area contributed by atoms with E-state index in [0.717, 1.165) is 23.2 Å². The summed E-state index contributed by atoms with van der Waals surface area (Å²) in [4.78, 5) is 12.6. The van der Waals surface area contributed by atoms with E-state index in [4.69, 9.17) is 0 Å². The maximum absolute atomic E-state index is 12.6. The first-order chi connectivity index (χ1) is 10.8. The lowest BCUT2D eigenvalue weighted by Gasteiger charge is -2.25. The van der Waals surface area contributed by atoms with E-state index < -0.39 is 0 Å². The first-order valence-electron chi connectivity index (χ1n) is 8.24. The van der Waals surface area contributed by atoms with Crippen LogP contribution in [0.15, 0.2) is 48.5 Å². The number of rotatable bonds is 4. The SMILES string of the molecule is Cc1ccccc1C(=O)Nc1ccccc1C(C)CC(C)(C)C. The number of benzene rings is 2. The van der Waals surface area contributed by atoms with Crippen LogP contribution in [0.2, 0.25) is 0 Å². The minimum Gasteiger partial charge on any atom is -0.322 e. The molecular weight excluding hydrogens is 282 g/mol. The normalized spacial score (nSPS) is 12.7. The summed E-state index contributed by atoms with van der Waals surface area (Å²) >= 11 is 0. The molecule has 1 N–H and O–H groups in total. The van der Waals surface area contributed by atoms with Crippen LogP contribution in [0.25, 0.3) is 0 Å². The summed E-state index contributed by atoms with van der Waals surface area (Å²) in [6.45, 7) is 10.9. The first kappa shape index (κ1) is 17.3. The fraction of sp³-hybridized carbons (Fsp3) is 0.381. The van der Waals surface area contributed by atoms with Crippen LogP contribution < -0.4 is 5.32 Å². The summed E-state index contributed by atoms with van der Waals surface area (Å²) in [5, 5.41) is 3.10. The van der Waals surface area contributed by atoms with Gasteiger partial charge in [0.15, 0.2) is 0 Å².